The van der Waals surface area contributed by atoms with Crippen molar-refractivity contribution >= 4 is 29.1 Å². The first-order valence-corrected chi connectivity index (χ1v) is 8.90. The van der Waals surface area contributed by atoms with Crippen molar-refractivity contribution in [2.45, 2.75) is 37.8 Å². The molecule has 2 heterocycles. The summed E-state index contributed by atoms with van der Waals surface area (Å²) in [7, 11) is 0. The molecule has 1 fully saturated rings. The summed E-state index contributed by atoms with van der Waals surface area (Å²) in [6, 6.07) is 3.73. The Morgan fingerprint density at radius 1 is 1.11 bits per heavy atom. The van der Waals surface area contributed by atoms with Crippen LogP contribution in [0.4, 0.5) is 21.7 Å². The van der Waals surface area contributed by atoms with E-state index in [0.717, 1.165) is 31.7 Å². The standard InChI is InChI=1S/C18H22FN7O2/c19-11-8-10(15(21)27)17(24-9-5-6-23-14(7-9)16(22)28)26-18(11)25-13-4-2-1-3-12(13)20/h5-8,12-13H,1-4,20H2,(H2,21,27)(H2,22,28)(H2,23,24,25,26)/t12-,13+/m0/s1. The van der Waals surface area contributed by atoms with Gasteiger partial charge in [-0.15, -0.1) is 0 Å². The van der Waals surface area contributed by atoms with Crippen LogP contribution in [-0.4, -0.2) is 33.9 Å². The molecule has 2 atom stereocenters. The van der Waals surface area contributed by atoms with Gasteiger partial charge in [0.05, 0.1) is 5.56 Å². The second-order valence-corrected chi connectivity index (χ2v) is 6.70. The van der Waals surface area contributed by atoms with E-state index in [-0.39, 0.29) is 35.0 Å². The number of nitrogens with one attached hydrogen (secondary N) is 2. The lowest BCUT2D eigenvalue weighted by atomic mass is 9.91. The molecule has 148 valence electrons. The van der Waals surface area contributed by atoms with Crippen molar-refractivity contribution in [3.05, 3.63) is 41.5 Å². The Hall–Kier alpha value is -3.27. The molecule has 2 aromatic rings. The Morgan fingerprint density at radius 2 is 1.86 bits per heavy atom. The largest absolute Gasteiger partial charge is 0.365 e. The molecule has 10 heteroatoms. The Kier molecular flexibility index (Phi) is 5.69. The lowest BCUT2D eigenvalue weighted by Gasteiger charge is -2.30. The fourth-order valence-corrected chi connectivity index (χ4v) is 3.17. The molecule has 2 aromatic heterocycles. The van der Waals surface area contributed by atoms with Gasteiger partial charge in [0.25, 0.3) is 11.8 Å². The number of amides is 2. The maximum Gasteiger partial charge on any atom is 0.267 e. The van der Waals surface area contributed by atoms with E-state index in [1.54, 1.807) is 6.07 Å². The lowest BCUT2D eigenvalue weighted by molar-refractivity contribution is 0.0989. The van der Waals surface area contributed by atoms with Gasteiger partial charge >= 0.3 is 0 Å². The number of carbonyl (C=O) groups is 2. The summed E-state index contributed by atoms with van der Waals surface area (Å²) >= 11 is 0. The van der Waals surface area contributed by atoms with E-state index in [9.17, 15) is 14.0 Å². The predicted octanol–water partition coefficient (Wildman–Crippen LogP) is 1.24. The van der Waals surface area contributed by atoms with Crippen molar-refractivity contribution in [1.82, 2.24) is 9.97 Å². The van der Waals surface area contributed by atoms with Crippen molar-refractivity contribution in [3.63, 3.8) is 0 Å². The second-order valence-electron chi connectivity index (χ2n) is 6.70. The molecule has 2 amide bonds. The van der Waals surface area contributed by atoms with E-state index in [1.807, 2.05) is 0 Å². The van der Waals surface area contributed by atoms with Crippen LogP contribution in [0, 0.1) is 5.82 Å². The molecular weight excluding hydrogens is 365 g/mol. The van der Waals surface area contributed by atoms with Crippen LogP contribution >= 0.6 is 0 Å². The molecule has 9 nitrogen and oxygen atoms in total. The Morgan fingerprint density at radius 3 is 2.54 bits per heavy atom. The average molecular weight is 387 g/mol. The van der Waals surface area contributed by atoms with Crippen molar-refractivity contribution in [2.75, 3.05) is 10.6 Å². The zero-order valence-corrected chi connectivity index (χ0v) is 15.1. The second kappa shape index (κ2) is 8.17. The number of hydrogen-bond donors (Lipinski definition) is 5. The first-order valence-electron chi connectivity index (χ1n) is 8.90. The summed E-state index contributed by atoms with van der Waals surface area (Å²) in [6.45, 7) is 0. The molecule has 1 aliphatic carbocycles. The predicted molar refractivity (Wildman–Crippen MR) is 103 cm³/mol. The third kappa shape index (κ3) is 4.34. The topological polar surface area (TPSA) is 162 Å². The van der Waals surface area contributed by atoms with Crippen molar-refractivity contribution in [2.24, 2.45) is 17.2 Å². The summed E-state index contributed by atoms with van der Waals surface area (Å²) < 4.78 is 14.5. The highest BCUT2D eigenvalue weighted by Gasteiger charge is 2.24. The van der Waals surface area contributed by atoms with Crippen molar-refractivity contribution in [1.29, 1.82) is 0 Å². The molecule has 0 aromatic carbocycles. The number of carbonyl (C=O) groups excluding carboxylic acids is 2. The normalized spacial score (nSPS) is 19.1. The number of halogens is 1. The van der Waals surface area contributed by atoms with Gasteiger partial charge in [0.2, 0.25) is 0 Å². The summed E-state index contributed by atoms with van der Waals surface area (Å²) in [5, 5.41) is 5.90. The van der Waals surface area contributed by atoms with E-state index in [1.165, 1.54) is 12.3 Å². The van der Waals surface area contributed by atoms with Crippen LogP contribution in [0.15, 0.2) is 24.4 Å². The van der Waals surface area contributed by atoms with Gasteiger partial charge in [0.15, 0.2) is 11.6 Å². The molecule has 28 heavy (non-hydrogen) atoms. The average Bonchev–Trinajstić information content (AvgIpc) is 2.66. The van der Waals surface area contributed by atoms with E-state index < -0.39 is 17.6 Å². The highest BCUT2D eigenvalue weighted by Crippen LogP contribution is 2.26. The van der Waals surface area contributed by atoms with Gasteiger partial charge in [-0.1, -0.05) is 12.8 Å². The fraction of sp³-hybridized carbons (Fsp3) is 0.333. The van der Waals surface area contributed by atoms with Gasteiger partial charge in [-0.3, -0.25) is 14.6 Å². The van der Waals surface area contributed by atoms with Gasteiger partial charge in [-0.2, -0.15) is 0 Å². The minimum atomic E-state index is -0.848. The van der Waals surface area contributed by atoms with Crippen LogP contribution in [0.5, 0.6) is 0 Å². The number of pyridine rings is 2. The maximum absolute atomic E-state index is 14.5. The van der Waals surface area contributed by atoms with Crippen LogP contribution in [0.1, 0.15) is 46.5 Å². The number of nitrogens with two attached hydrogens (primary N) is 3. The third-order valence-electron chi connectivity index (χ3n) is 4.66. The van der Waals surface area contributed by atoms with Crippen LogP contribution in [0.2, 0.25) is 0 Å². The molecular formula is C18H22FN7O2. The summed E-state index contributed by atoms with van der Waals surface area (Å²) in [4.78, 5) is 31.1. The summed E-state index contributed by atoms with van der Waals surface area (Å²) in [5.74, 6) is -2.25. The SMILES string of the molecule is NC(=O)c1cc(Nc2nc(N[C@@H]3CCCC[C@@H]3N)c(F)cc2C(N)=O)ccn1. The first kappa shape index (κ1) is 19.5. The minimum absolute atomic E-state index is 0.0271. The van der Waals surface area contributed by atoms with E-state index >= 15 is 0 Å². The molecule has 1 aliphatic rings. The monoisotopic (exact) mass is 387 g/mol. The van der Waals surface area contributed by atoms with Gasteiger partial charge in [0, 0.05) is 24.0 Å². The fourth-order valence-electron chi connectivity index (χ4n) is 3.17. The van der Waals surface area contributed by atoms with Crippen molar-refractivity contribution in [3.8, 4) is 0 Å². The highest BCUT2D eigenvalue weighted by molar-refractivity contribution is 5.99. The number of aromatic nitrogens is 2. The molecule has 1 saturated carbocycles. The van der Waals surface area contributed by atoms with Crippen LogP contribution in [0.25, 0.3) is 0 Å². The number of nitrogens with zero attached hydrogens (tertiary/aromatic N) is 2. The lowest BCUT2D eigenvalue weighted by Crippen LogP contribution is -2.43. The Labute approximate surface area is 160 Å². The van der Waals surface area contributed by atoms with Gasteiger partial charge in [-0.05, 0) is 31.0 Å². The van der Waals surface area contributed by atoms with Gasteiger partial charge in [-0.25, -0.2) is 9.37 Å². The first-order chi connectivity index (χ1) is 13.3. The highest BCUT2D eigenvalue weighted by atomic mass is 19.1. The molecule has 0 radical (unpaired) electrons. The molecule has 0 spiro atoms. The third-order valence-corrected chi connectivity index (χ3v) is 4.66. The molecule has 3 rings (SSSR count). The Balaban J connectivity index is 1.93. The number of rotatable bonds is 6. The molecule has 0 bridgehead atoms. The minimum Gasteiger partial charge on any atom is -0.365 e. The van der Waals surface area contributed by atoms with Gasteiger partial charge < -0.3 is 27.8 Å². The molecule has 0 unspecified atom stereocenters. The number of hydrogen-bond acceptors (Lipinski definition) is 7. The number of primary amides is 2. The number of anilines is 3. The van der Waals surface area contributed by atoms with E-state index in [0.29, 0.717) is 5.69 Å². The van der Waals surface area contributed by atoms with E-state index in [4.69, 9.17) is 17.2 Å². The molecule has 8 N–H and O–H groups in total. The summed E-state index contributed by atoms with van der Waals surface area (Å²) in [6.07, 6.45) is 5.04. The van der Waals surface area contributed by atoms with Crippen LogP contribution in [-0.2, 0) is 0 Å². The van der Waals surface area contributed by atoms with Crippen molar-refractivity contribution < 1.29 is 14.0 Å². The maximum atomic E-state index is 14.5. The molecule has 0 aliphatic heterocycles. The molecule has 0 saturated heterocycles. The van der Waals surface area contributed by atoms with Gasteiger partial charge in [0.1, 0.15) is 11.5 Å². The zero-order valence-electron chi connectivity index (χ0n) is 15.1. The quantitative estimate of drug-likeness (QED) is 0.498. The van der Waals surface area contributed by atoms with Crippen LogP contribution < -0.4 is 27.8 Å². The zero-order chi connectivity index (χ0) is 20.3. The summed E-state index contributed by atoms with van der Waals surface area (Å²) in [5.41, 5.74) is 17.0. The Bertz CT molecular complexity index is 905. The van der Waals surface area contributed by atoms with Crippen LogP contribution in [0.3, 0.4) is 0 Å². The van der Waals surface area contributed by atoms with E-state index in [2.05, 4.69) is 20.6 Å². The smallest absolute Gasteiger partial charge is 0.267 e.